The van der Waals surface area contributed by atoms with Gasteiger partial charge in [0.05, 0.1) is 16.8 Å². The van der Waals surface area contributed by atoms with Gasteiger partial charge in [0.25, 0.3) is 5.89 Å². The number of anilines is 1. The smallest absolute Gasteiger partial charge is 0.257 e. The van der Waals surface area contributed by atoms with Crippen LogP contribution in [-0.2, 0) is 11.2 Å². The van der Waals surface area contributed by atoms with Crippen molar-refractivity contribution in [3.63, 3.8) is 0 Å². The summed E-state index contributed by atoms with van der Waals surface area (Å²) in [6.45, 7) is 0.823. The summed E-state index contributed by atoms with van der Waals surface area (Å²) in [5.41, 5.74) is 7.02. The van der Waals surface area contributed by atoms with Crippen molar-refractivity contribution in [1.29, 1.82) is 0 Å². The summed E-state index contributed by atoms with van der Waals surface area (Å²) < 4.78 is 10.8. The summed E-state index contributed by atoms with van der Waals surface area (Å²) in [4.78, 5) is 4.36. The molecule has 0 amide bonds. The van der Waals surface area contributed by atoms with Gasteiger partial charge in [-0.15, -0.1) is 0 Å². The molecule has 1 unspecified atom stereocenters. The zero-order chi connectivity index (χ0) is 13.2. The number of nitrogens with zero attached hydrogens (tertiary/aromatic N) is 2. The van der Waals surface area contributed by atoms with Gasteiger partial charge >= 0.3 is 0 Å². The topological polar surface area (TPSA) is 74.2 Å². The van der Waals surface area contributed by atoms with Crippen molar-refractivity contribution in [3.05, 3.63) is 29.0 Å². The number of aromatic nitrogens is 2. The lowest BCUT2D eigenvalue weighted by molar-refractivity contribution is 0.109. The molecule has 1 aliphatic heterocycles. The van der Waals surface area contributed by atoms with E-state index in [1.807, 2.05) is 6.07 Å². The molecular weight excluding hydrogens is 266 g/mol. The van der Waals surface area contributed by atoms with E-state index < -0.39 is 0 Å². The minimum atomic E-state index is 0.209. The highest BCUT2D eigenvalue weighted by atomic mass is 35.5. The zero-order valence-electron chi connectivity index (χ0n) is 10.3. The second-order valence-corrected chi connectivity index (χ2v) is 5.00. The van der Waals surface area contributed by atoms with Crippen LogP contribution < -0.4 is 5.73 Å². The largest absolute Gasteiger partial charge is 0.398 e. The summed E-state index contributed by atoms with van der Waals surface area (Å²) in [7, 11) is 0. The van der Waals surface area contributed by atoms with E-state index in [-0.39, 0.29) is 6.10 Å². The molecule has 2 aromatic rings. The average molecular weight is 280 g/mol. The maximum Gasteiger partial charge on any atom is 0.257 e. The molecular formula is C13H14ClN3O2. The molecule has 1 atom stereocenters. The average Bonchev–Trinajstić information content (AvgIpc) is 3.05. The van der Waals surface area contributed by atoms with E-state index in [1.54, 1.807) is 12.1 Å². The zero-order valence-corrected chi connectivity index (χ0v) is 11.1. The predicted octanol–water partition coefficient (Wildman–Crippen LogP) is 2.69. The maximum absolute atomic E-state index is 5.88. The Balaban J connectivity index is 1.78. The van der Waals surface area contributed by atoms with Crippen molar-refractivity contribution < 1.29 is 9.26 Å². The number of benzene rings is 1. The Morgan fingerprint density at radius 1 is 1.42 bits per heavy atom. The van der Waals surface area contributed by atoms with E-state index in [9.17, 15) is 0 Å². The molecule has 1 aliphatic rings. The van der Waals surface area contributed by atoms with E-state index >= 15 is 0 Å². The molecule has 3 rings (SSSR count). The predicted molar refractivity (Wildman–Crippen MR) is 71.8 cm³/mol. The molecule has 2 heterocycles. The number of halogens is 1. The number of ether oxygens (including phenoxy) is 1. The number of hydrogen-bond donors (Lipinski definition) is 1. The first-order chi connectivity index (χ1) is 9.22. The molecule has 1 aromatic heterocycles. The quantitative estimate of drug-likeness (QED) is 0.875. The normalized spacial score (nSPS) is 18.9. The second-order valence-electron chi connectivity index (χ2n) is 4.59. The van der Waals surface area contributed by atoms with Gasteiger partial charge in [-0.05, 0) is 31.0 Å². The van der Waals surface area contributed by atoms with Crippen LogP contribution in [0.2, 0.25) is 5.02 Å². The van der Waals surface area contributed by atoms with E-state index in [4.69, 9.17) is 26.6 Å². The highest BCUT2D eigenvalue weighted by Gasteiger charge is 2.19. The van der Waals surface area contributed by atoms with Crippen LogP contribution in [0.4, 0.5) is 5.69 Å². The van der Waals surface area contributed by atoms with Crippen LogP contribution in [0.15, 0.2) is 22.7 Å². The van der Waals surface area contributed by atoms with Gasteiger partial charge in [-0.3, -0.25) is 0 Å². The summed E-state index contributed by atoms with van der Waals surface area (Å²) in [6.07, 6.45) is 3.05. The van der Waals surface area contributed by atoms with Crippen LogP contribution in [0.3, 0.4) is 0 Å². The molecule has 0 spiro atoms. The van der Waals surface area contributed by atoms with Crippen LogP contribution in [0.25, 0.3) is 11.5 Å². The lowest BCUT2D eigenvalue weighted by Crippen LogP contribution is -2.09. The SMILES string of the molecule is Nc1cc(-c2nc(CC3CCCO3)no2)ccc1Cl. The molecule has 19 heavy (non-hydrogen) atoms. The standard InChI is InChI=1S/C13H14ClN3O2/c14-10-4-3-8(6-11(10)15)13-16-12(17-19-13)7-9-2-1-5-18-9/h3-4,6,9H,1-2,5,7,15H2. The van der Waals surface area contributed by atoms with Gasteiger partial charge in [0.15, 0.2) is 5.82 Å². The summed E-state index contributed by atoms with van der Waals surface area (Å²) in [6, 6.07) is 5.25. The summed E-state index contributed by atoms with van der Waals surface area (Å²) >= 11 is 5.88. The van der Waals surface area contributed by atoms with Gasteiger partial charge in [-0.1, -0.05) is 16.8 Å². The van der Waals surface area contributed by atoms with Crippen molar-refractivity contribution in [2.24, 2.45) is 0 Å². The fourth-order valence-electron chi connectivity index (χ4n) is 2.14. The minimum Gasteiger partial charge on any atom is -0.398 e. The lowest BCUT2D eigenvalue weighted by atomic mass is 10.2. The first-order valence-electron chi connectivity index (χ1n) is 6.22. The van der Waals surface area contributed by atoms with Crippen molar-refractivity contribution in [3.8, 4) is 11.5 Å². The third-order valence-electron chi connectivity index (χ3n) is 3.15. The monoisotopic (exact) mass is 279 g/mol. The van der Waals surface area contributed by atoms with Gasteiger partial charge < -0.3 is 15.0 Å². The van der Waals surface area contributed by atoms with Crippen molar-refractivity contribution in [2.45, 2.75) is 25.4 Å². The fourth-order valence-corrected chi connectivity index (χ4v) is 2.26. The van der Waals surface area contributed by atoms with Crippen LogP contribution in [0, 0.1) is 0 Å². The van der Waals surface area contributed by atoms with Crippen molar-refractivity contribution in [2.75, 3.05) is 12.3 Å². The Bertz CT molecular complexity index is 579. The van der Waals surface area contributed by atoms with Crippen LogP contribution >= 0.6 is 11.6 Å². The Hall–Kier alpha value is -1.59. The Labute approximate surface area is 115 Å². The molecule has 6 heteroatoms. The molecule has 2 N–H and O–H groups in total. The summed E-state index contributed by atoms with van der Waals surface area (Å²) in [5.74, 6) is 1.12. The van der Waals surface area contributed by atoms with E-state index in [2.05, 4.69) is 10.1 Å². The minimum absolute atomic E-state index is 0.209. The van der Waals surface area contributed by atoms with Crippen molar-refractivity contribution >= 4 is 17.3 Å². The molecule has 5 nitrogen and oxygen atoms in total. The third-order valence-corrected chi connectivity index (χ3v) is 3.49. The van der Waals surface area contributed by atoms with Gasteiger partial charge in [0.2, 0.25) is 0 Å². The highest BCUT2D eigenvalue weighted by Crippen LogP contribution is 2.26. The van der Waals surface area contributed by atoms with Gasteiger partial charge in [0.1, 0.15) is 0 Å². The van der Waals surface area contributed by atoms with Gasteiger partial charge in [-0.25, -0.2) is 0 Å². The fraction of sp³-hybridized carbons (Fsp3) is 0.385. The number of nitrogens with two attached hydrogens (primary N) is 1. The molecule has 0 saturated carbocycles. The Morgan fingerprint density at radius 2 is 2.32 bits per heavy atom. The van der Waals surface area contributed by atoms with Crippen LogP contribution in [0.5, 0.6) is 0 Å². The molecule has 0 bridgehead atoms. The van der Waals surface area contributed by atoms with E-state index in [0.717, 1.165) is 25.0 Å². The van der Waals surface area contributed by atoms with Gasteiger partial charge in [-0.2, -0.15) is 4.98 Å². The first kappa shape index (κ1) is 12.4. The molecule has 1 saturated heterocycles. The molecule has 1 fully saturated rings. The van der Waals surface area contributed by atoms with E-state index in [1.165, 1.54) is 0 Å². The maximum atomic E-state index is 5.88. The third kappa shape index (κ3) is 2.72. The van der Waals surface area contributed by atoms with Crippen LogP contribution in [-0.4, -0.2) is 22.9 Å². The molecule has 100 valence electrons. The Kier molecular flexibility index (Phi) is 3.40. The lowest BCUT2D eigenvalue weighted by Gasteiger charge is -2.03. The van der Waals surface area contributed by atoms with E-state index in [0.29, 0.717) is 28.8 Å². The highest BCUT2D eigenvalue weighted by molar-refractivity contribution is 6.33. The van der Waals surface area contributed by atoms with Gasteiger partial charge in [0, 0.05) is 18.6 Å². The molecule has 1 aromatic carbocycles. The first-order valence-corrected chi connectivity index (χ1v) is 6.60. The Morgan fingerprint density at radius 3 is 3.05 bits per heavy atom. The number of nitrogen functional groups attached to an aromatic ring is 1. The van der Waals surface area contributed by atoms with Crippen molar-refractivity contribution in [1.82, 2.24) is 10.1 Å². The molecule has 0 radical (unpaired) electrons. The number of rotatable bonds is 3. The molecule has 0 aliphatic carbocycles. The second kappa shape index (κ2) is 5.19. The number of hydrogen-bond acceptors (Lipinski definition) is 5. The van der Waals surface area contributed by atoms with Crippen LogP contribution in [0.1, 0.15) is 18.7 Å². The summed E-state index contributed by atoms with van der Waals surface area (Å²) in [5, 5.41) is 4.48.